The Morgan fingerprint density at radius 1 is 1.29 bits per heavy atom. The summed E-state index contributed by atoms with van der Waals surface area (Å²) in [5.74, 6) is 0.703. The highest BCUT2D eigenvalue weighted by atomic mass is 32.1. The molecule has 0 N–H and O–H groups in total. The maximum Gasteiger partial charge on any atom is 0.417 e. The van der Waals surface area contributed by atoms with Crippen LogP contribution in [0.25, 0.3) is 16.9 Å². The van der Waals surface area contributed by atoms with Gasteiger partial charge in [0.25, 0.3) is 0 Å². The lowest BCUT2D eigenvalue weighted by Gasteiger charge is -2.06. The summed E-state index contributed by atoms with van der Waals surface area (Å²) in [7, 11) is 0. The van der Waals surface area contributed by atoms with E-state index < -0.39 is 11.7 Å². The first kappa shape index (κ1) is 14.1. The van der Waals surface area contributed by atoms with Gasteiger partial charge < -0.3 is 0 Å². The predicted octanol–water partition coefficient (Wildman–Crippen LogP) is 4.37. The van der Waals surface area contributed by atoms with Crippen LogP contribution in [0.2, 0.25) is 0 Å². The molecule has 3 aromatic heterocycles. The lowest BCUT2D eigenvalue weighted by atomic mass is 10.2. The van der Waals surface area contributed by atoms with Gasteiger partial charge in [-0.25, -0.2) is 9.97 Å². The number of halogens is 3. The summed E-state index contributed by atoms with van der Waals surface area (Å²) >= 11 is 1.58. The molecule has 0 atom stereocenters. The zero-order valence-corrected chi connectivity index (χ0v) is 12.2. The highest BCUT2D eigenvalue weighted by molar-refractivity contribution is 7.10. The predicted molar refractivity (Wildman–Crippen MR) is 75.9 cm³/mol. The van der Waals surface area contributed by atoms with E-state index in [0.717, 1.165) is 22.8 Å². The van der Waals surface area contributed by atoms with E-state index >= 15 is 0 Å². The van der Waals surface area contributed by atoms with E-state index in [4.69, 9.17) is 0 Å². The number of alkyl halides is 3. The molecule has 0 aromatic carbocycles. The van der Waals surface area contributed by atoms with Crippen LogP contribution in [0.15, 0.2) is 23.7 Å². The molecule has 0 fully saturated rings. The van der Waals surface area contributed by atoms with Crippen LogP contribution < -0.4 is 0 Å². The second kappa shape index (κ2) is 4.84. The van der Waals surface area contributed by atoms with Crippen LogP contribution in [0.3, 0.4) is 0 Å². The number of rotatable bonds is 2. The Morgan fingerprint density at radius 2 is 2.05 bits per heavy atom. The van der Waals surface area contributed by atoms with Crippen molar-refractivity contribution in [3.8, 4) is 5.69 Å². The maximum atomic E-state index is 12.8. The Morgan fingerprint density at radius 3 is 2.62 bits per heavy atom. The summed E-state index contributed by atoms with van der Waals surface area (Å²) in [6.45, 7) is 3.90. The van der Waals surface area contributed by atoms with Crippen LogP contribution in [0.1, 0.15) is 23.2 Å². The number of hydrogen-bond donors (Lipinski definition) is 0. The van der Waals surface area contributed by atoms with Crippen LogP contribution in [0.5, 0.6) is 0 Å². The Labute approximate surface area is 123 Å². The molecule has 0 bridgehead atoms. The number of pyridine rings is 1. The summed E-state index contributed by atoms with van der Waals surface area (Å²) in [5, 5.41) is 1.95. The number of fused-ring (bicyclic) bond motifs is 1. The largest absolute Gasteiger partial charge is 0.417 e. The van der Waals surface area contributed by atoms with Crippen molar-refractivity contribution in [1.82, 2.24) is 14.5 Å². The van der Waals surface area contributed by atoms with E-state index in [0.29, 0.717) is 17.9 Å². The first-order chi connectivity index (χ1) is 9.90. The first-order valence-electron chi connectivity index (χ1n) is 6.40. The molecular formula is C14H12F3N3S. The van der Waals surface area contributed by atoms with Crippen molar-refractivity contribution in [2.45, 2.75) is 26.4 Å². The average Bonchev–Trinajstić information content (AvgIpc) is 2.99. The molecular weight excluding hydrogens is 299 g/mol. The molecule has 0 amide bonds. The number of aromatic nitrogens is 3. The third kappa shape index (κ3) is 2.42. The van der Waals surface area contributed by atoms with Gasteiger partial charge in [0.15, 0.2) is 5.65 Å². The van der Waals surface area contributed by atoms with Gasteiger partial charge in [0.2, 0.25) is 0 Å². The summed E-state index contributed by atoms with van der Waals surface area (Å²) in [6, 6.07) is 3.03. The molecule has 0 radical (unpaired) electrons. The molecule has 7 heteroatoms. The highest BCUT2D eigenvalue weighted by Crippen LogP contribution is 2.31. The second-order valence-corrected chi connectivity index (χ2v) is 5.81. The molecule has 0 aliphatic heterocycles. The van der Waals surface area contributed by atoms with Crippen molar-refractivity contribution >= 4 is 22.5 Å². The van der Waals surface area contributed by atoms with Gasteiger partial charge in [-0.3, -0.25) is 4.57 Å². The smallest absolute Gasteiger partial charge is 0.280 e. The third-order valence-corrected chi connectivity index (χ3v) is 4.03. The minimum absolute atomic E-state index is 0.269. The topological polar surface area (TPSA) is 30.7 Å². The van der Waals surface area contributed by atoms with Crippen molar-refractivity contribution in [2.24, 2.45) is 0 Å². The van der Waals surface area contributed by atoms with Gasteiger partial charge in [0.05, 0.1) is 11.3 Å². The minimum atomic E-state index is -4.41. The standard InChI is InChI=1S/C14H12F3N3S/c1-3-12-19-11-5-9(14(15,16)17)6-18-13(11)20(12)10-4-8(2)21-7-10/h4-7H,3H2,1-2H3. The fourth-order valence-corrected chi connectivity index (χ4v) is 2.89. The number of aryl methyl sites for hydroxylation is 2. The average molecular weight is 311 g/mol. The maximum absolute atomic E-state index is 12.8. The SMILES string of the molecule is CCc1nc2cc(C(F)(F)F)cnc2n1-c1csc(C)c1. The van der Waals surface area contributed by atoms with Crippen molar-refractivity contribution in [2.75, 3.05) is 0 Å². The Kier molecular flexibility index (Phi) is 3.24. The first-order valence-corrected chi connectivity index (χ1v) is 7.28. The van der Waals surface area contributed by atoms with E-state index in [1.807, 2.05) is 29.9 Å². The van der Waals surface area contributed by atoms with Gasteiger partial charge in [0.1, 0.15) is 11.3 Å². The van der Waals surface area contributed by atoms with Crippen LogP contribution in [-0.4, -0.2) is 14.5 Å². The fraction of sp³-hybridized carbons (Fsp3) is 0.286. The molecule has 3 nitrogen and oxygen atoms in total. The number of imidazole rings is 1. The van der Waals surface area contributed by atoms with Crippen LogP contribution in [-0.2, 0) is 12.6 Å². The van der Waals surface area contributed by atoms with Crippen molar-refractivity contribution in [3.63, 3.8) is 0 Å². The molecule has 3 heterocycles. The zero-order valence-electron chi connectivity index (χ0n) is 11.4. The molecule has 3 rings (SSSR count). The Balaban J connectivity index is 2.24. The van der Waals surface area contributed by atoms with Crippen LogP contribution in [0.4, 0.5) is 13.2 Å². The molecule has 110 valence electrons. The van der Waals surface area contributed by atoms with Gasteiger partial charge in [0, 0.05) is 22.9 Å². The van der Waals surface area contributed by atoms with Gasteiger partial charge in [-0.15, -0.1) is 11.3 Å². The molecule has 0 aliphatic rings. The van der Waals surface area contributed by atoms with Gasteiger partial charge in [-0.2, -0.15) is 13.2 Å². The molecule has 0 spiro atoms. The minimum Gasteiger partial charge on any atom is -0.280 e. The molecule has 3 aromatic rings. The van der Waals surface area contributed by atoms with E-state index in [2.05, 4.69) is 9.97 Å². The van der Waals surface area contributed by atoms with E-state index in [1.165, 1.54) is 0 Å². The van der Waals surface area contributed by atoms with E-state index in [9.17, 15) is 13.2 Å². The summed E-state index contributed by atoms with van der Waals surface area (Å²) in [6.07, 6.45) is -2.93. The van der Waals surface area contributed by atoms with Crippen molar-refractivity contribution in [1.29, 1.82) is 0 Å². The van der Waals surface area contributed by atoms with Crippen LogP contribution >= 0.6 is 11.3 Å². The summed E-state index contributed by atoms with van der Waals surface area (Å²) < 4.78 is 40.1. The van der Waals surface area contributed by atoms with Crippen molar-refractivity contribution < 1.29 is 13.2 Å². The van der Waals surface area contributed by atoms with Crippen LogP contribution in [0, 0.1) is 6.92 Å². The summed E-state index contributed by atoms with van der Waals surface area (Å²) in [4.78, 5) is 9.41. The number of nitrogens with zero attached hydrogens (tertiary/aromatic N) is 3. The number of hydrogen-bond acceptors (Lipinski definition) is 3. The van der Waals surface area contributed by atoms with Gasteiger partial charge >= 0.3 is 6.18 Å². The Hall–Kier alpha value is -1.89. The lowest BCUT2D eigenvalue weighted by molar-refractivity contribution is -0.137. The quantitative estimate of drug-likeness (QED) is 0.703. The van der Waals surface area contributed by atoms with E-state index in [1.54, 1.807) is 11.3 Å². The lowest BCUT2D eigenvalue weighted by Crippen LogP contribution is -2.05. The second-order valence-electron chi connectivity index (χ2n) is 4.70. The number of thiophene rings is 1. The fourth-order valence-electron chi connectivity index (χ4n) is 2.22. The molecule has 21 heavy (non-hydrogen) atoms. The van der Waals surface area contributed by atoms with Gasteiger partial charge in [-0.05, 0) is 19.1 Å². The zero-order chi connectivity index (χ0) is 15.2. The van der Waals surface area contributed by atoms with Gasteiger partial charge in [-0.1, -0.05) is 6.92 Å². The van der Waals surface area contributed by atoms with E-state index in [-0.39, 0.29) is 5.52 Å². The monoisotopic (exact) mass is 311 g/mol. The summed E-state index contributed by atoms with van der Waals surface area (Å²) in [5.41, 5.74) is 0.844. The molecule has 0 saturated carbocycles. The molecule has 0 aliphatic carbocycles. The highest BCUT2D eigenvalue weighted by Gasteiger charge is 2.31. The molecule has 0 saturated heterocycles. The third-order valence-electron chi connectivity index (χ3n) is 3.19. The molecule has 0 unspecified atom stereocenters. The Bertz CT molecular complexity index is 801. The normalized spacial score (nSPS) is 12.2. The van der Waals surface area contributed by atoms with Crippen molar-refractivity contribution in [3.05, 3.63) is 40.0 Å².